The quantitative estimate of drug-likeness (QED) is 0.894. The highest BCUT2D eigenvalue weighted by atomic mass is 16.5. The third-order valence-electron chi connectivity index (χ3n) is 4.70. The molecule has 0 amide bonds. The van der Waals surface area contributed by atoms with Crippen molar-refractivity contribution in [3.05, 3.63) is 23.3 Å². The Bertz CT molecular complexity index is 462. The Hall–Kier alpha value is -1.22. The summed E-state index contributed by atoms with van der Waals surface area (Å²) in [6, 6.07) is 4.29. The summed E-state index contributed by atoms with van der Waals surface area (Å²) in [5, 5.41) is 0. The van der Waals surface area contributed by atoms with Crippen molar-refractivity contribution in [3.63, 3.8) is 0 Å². The van der Waals surface area contributed by atoms with Gasteiger partial charge in [-0.2, -0.15) is 0 Å². The van der Waals surface area contributed by atoms with Crippen LogP contribution in [0.25, 0.3) is 0 Å². The predicted octanol–water partition coefficient (Wildman–Crippen LogP) is 3.60. The minimum absolute atomic E-state index is 0.124. The largest absolute Gasteiger partial charge is 0.493 e. The van der Waals surface area contributed by atoms with Crippen LogP contribution < -0.4 is 15.2 Å². The highest BCUT2D eigenvalue weighted by molar-refractivity contribution is 5.51. The number of hydrogen-bond donors (Lipinski definition) is 1. The molecule has 1 saturated carbocycles. The van der Waals surface area contributed by atoms with Gasteiger partial charge in [0.05, 0.1) is 14.2 Å². The molecule has 1 aromatic carbocycles. The van der Waals surface area contributed by atoms with Crippen LogP contribution in [0.5, 0.6) is 11.5 Å². The maximum Gasteiger partial charge on any atom is 0.161 e. The van der Waals surface area contributed by atoms with Gasteiger partial charge in [-0.25, -0.2) is 0 Å². The van der Waals surface area contributed by atoms with Crippen molar-refractivity contribution in [2.75, 3.05) is 20.8 Å². The van der Waals surface area contributed by atoms with E-state index in [4.69, 9.17) is 15.2 Å². The predicted molar refractivity (Wildman–Crippen MR) is 82.8 cm³/mol. The second kappa shape index (κ2) is 6.04. The first-order valence-electron chi connectivity index (χ1n) is 7.54. The van der Waals surface area contributed by atoms with Gasteiger partial charge in [0.15, 0.2) is 11.5 Å². The van der Waals surface area contributed by atoms with Crippen LogP contribution in [0, 0.1) is 0 Å². The molecule has 112 valence electrons. The molecular formula is C17H27NO2. The Morgan fingerprint density at radius 2 is 1.65 bits per heavy atom. The van der Waals surface area contributed by atoms with Crippen LogP contribution in [0.2, 0.25) is 0 Å². The fourth-order valence-electron chi connectivity index (χ4n) is 3.47. The van der Waals surface area contributed by atoms with Crippen molar-refractivity contribution in [2.24, 2.45) is 5.73 Å². The summed E-state index contributed by atoms with van der Waals surface area (Å²) in [5.74, 6) is 2.07. The van der Waals surface area contributed by atoms with E-state index >= 15 is 0 Å². The number of ether oxygens (including phenoxy) is 2. The topological polar surface area (TPSA) is 44.5 Å². The van der Waals surface area contributed by atoms with Crippen LogP contribution in [-0.4, -0.2) is 20.8 Å². The second-order valence-electron chi connectivity index (χ2n) is 6.14. The second-order valence-corrected chi connectivity index (χ2v) is 6.14. The highest BCUT2D eigenvalue weighted by Gasteiger charge is 2.37. The number of benzene rings is 1. The van der Waals surface area contributed by atoms with Gasteiger partial charge in [-0.15, -0.1) is 0 Å². The molecule has 0 aromatic heterocycles. The zero-order valence-corrected chi connectivity index (χ0v) is 13.2. The molecule has 0 unspecified atom stereocenters. The summed E-state index contributed by atoms with van der Waals surface area (Å²) in [6.07, 6.45) is 4.89. The third-order valence-corrected chi connectivity index (χ3v) is 4.70. The van der Waals surface area contributed by atoms with Crippen molar-refractivity contribution in [3.8, 4) is 11.5 Å². The molecule has 1 aromatic rings. The van der Waals surface area contributed by atoms with Crippen LogP contribution >= 0.6 is 0 Å². The van der Waals surface area contributed by atoms with E-state index in [1.165, 1.54) is 36.8 Å². The van der Waals surface area contributed by atoms with E-state index in [9.17, 15) is 0 Å². The van der Waals surface area contributed by atoms with Gasteiger partial charge in [-0.1, -0.05) is 26.7 Å². The third kappa shape index (κ3) is 2.51. The first kappa shape index (κ1) is 15.2. The van der Waals surface area contributed by atoms with Gasteiger partial charge in [0.25, 0.3) is 0 Å². The van der Waals surface area contributed by atoms with E-state index in [1.807, 2.05) is 0 Å². The summed E-state index contributed by atoms with van der Waals surface area (Å²) in [6.45, 7) is 5.16. The van der Waals surface area contributed by atoms with Gasteiger partial charge < -0.3 is 15.2 Å². The zero-order chi connectivity index (χ0) is 14.8. The molecule has 0 bridgehead atoms. The summed E-state index contributed by atoms with van der Waals surface area (Å²) in [4.78, 5) is 0. The molecule has 3 heteroatoms. The van der Waals surface area contributed by atoms with E-state index in [0.717, 1.165) is 11.5 Å². The number of methoxy groups -OCH3 is 2. The summed E-state index contributed by atoms with van der Waals surface area (Å²) in [5.41, 5.74) is 8.99. The summed E-state index contributed by atoms with van der Waals surface area (Å²) in [7, 11) is 3.39. The Morgan fingerprint density at radius 1 is 1.10 bits per heavy atom. The lowest BCUT2D eigenvalue weighted by Crippen LogP contribution is -2.33. The van der Waals surface area contributed by atoms with Crippen LogP contribution in [-0.2, 0) is 5.41 Å². The monoisotopic (exact) mass is 277 g/mol. The smallest absolute Gasteiger partial charge is 0.161 e. The maximum atomic E-state index is 6.16. The van der Waals surface area contributed by atoms with Crippen molar-refractivity contribution in [1.29, 1.82) is 0 Å². The van der Waals surface area contributed by atoms with Gasteiger partial charge in [-0.05, 0) is 42.0 Å². The molecule has 0 spiro atoms. The number of hydrogen-bond acceptors (Lipinski definition) is 3. The van der Waals surface area contributed by atoms with Crippen molar-refractivity contribution in [1.82, 2.24) is 0 Å². The van der Waals surface area contributed by atoms with E-state index < -0.39 is 0 Å². The van der Waals surface area contributed by atoms with Crippen LogP contribution in [0.3, 0.4) is 0 Å². The minimum atomic E-state index is 0.124. The van der Waals surface area contributed by atoms with Gasteiger partial charge in [0, 0.05) is 12.0 Å². The van der Waals surface area contributed by atoms with Gasteiger partial charge in [-0.3, -0.25) is 0 Å². The normalized spacial score (nSPS) is 17.5. The van der Waals surface area contributed by atoms with Crippen LogP contribution in [0.15, 0.2) is 12.1 Å². The molecule has 2 rings (SSSR count). The fraction of sp³-hybridized carbons (Fsp3) is 0.647. The van der Waals surface area contributed by atoms with E-state index in [-0.39, 0.29) is 5.41 Å². The number of rotatable bonds is 5. The molecule has 2 N–H and O–H groups in total. The van der Waals surface area contributed by atoms with Gasteiger partial charge >= 0.3 is 0 Å². The van der Waals surface area contributed by atoms with Crippen LogP contribution in [0.1, 0.15) is 56.6 Å². The molecule has 1 fully saturated rings. The van der Waals surface area contributed by atoms with E-state index in [0.29, 0.717) is 12.5 Å². The van der Waals surface area contributed by atoms with E-state index in [2.05, 4.69) is 26.0 Å². The van der Waals surface area contributed by atoms with E-state index in [1.54, 1.807) is 14.2 Å². The highest BCUT2D eigenvalue weighted by Crippen LogP contribution is 2.46. The Morgan fingerprint density at radius 3 is 2.10 bits per heavy atom. The maximum absolute atomic E-state index is 6.16. The number of nitrogens with two attached hydrogens (primary N) is 1. The Balaban J connectivity index is 2.60. The lowest BCUT2D eigenvalue weighted by Gasteiger charge is -2.32. The average molecular weight is 277 g/mol. The molecule has 1 aliphatic rings. The lowest BCUT2D eigenvalue weighted by atomic mass is 9.74. The van der Waals surface area contributed by atoms with Gasteiger partial charge in [0.1, 0.15) is 0 Å². The summed E-state index contributed by atoms with van der Waals surface area (Å²) >= 11 is 0. The standard InChI is InChI=1S/C17H27NO2/c1-12(2)13-9-15(19-3)16(20-4)10-14(13)17(11-18)7-5-6-8-17/h9-10,12H,5-8,11,18H2,1-4H3. The lowest BCUT2D eigenvalue weighted by molar-refractivity contribution is 0.351. The van der Waals surface area contributed by atoms with Gasteiger partial charge in [0.2, 0.25) is 0 Å². The molecule has 0 radical (unpaired) electrons. The Kier molecular flexibility index (Phi) is 4.59. The molecule has 3 nitrogen and oxygen atoms in total. The molecule has 0 aliphatic heterocycles. The van der Waals surface area contributed by atoms with Crippen molar-refractivity contribution < 1.29 is 9.47 Å². The van der Waals surface area contributed by atoms with Crippen molar-refractivity contribution in [2.45, 2.75) is 50.9 Å². The summed E-state index contributed by atoms with van der Waals surface area (Å²) < 4.78 is 10.9. The first-order valence-corrected chi connectivity index (χ1v) is 7.54. The molecular weight excluding hydrogens is 250 g/mol. The minimum Gasteiger partial charge on any atom is -0.493 e. The average Bonchev–Trinajstić information content (AvgIpc) is 2.95. The van der Waals surface area contributed by atoms with Crippen LogP contribution in [0.4, 0.5) is 0 Å². The molecule has 0 atom stereocenters. The molecule has 1 aliphatic carbocycles. The molecule has 0 saturated heterocycles. The van der Waals surface area contributed by atoms with Crippen molar-refractivity contribution >= 4 is 0 Å². The fourth-order valence-corrected chi connectivity index (χ4v) is 3.47. The SMILES string of the molecule is COc1cc(C(C)C)c(C2(CN)CCCC2)cc1OC. The molecule has 20 heavy (non-hydrogen) atoms. The molecule has 0 heterocycles. The Labute approximate surface area is 122 Å². The first-order chi connectivity index (χ1) is 9.57. The zero-order valence-electron chi connectivity index (χ0n) is 13.2.